The lowest BCUT2D eigenvalue weighted by molar-refractivity contribution is -0.115. The highest BCUT2D eigenvalue weighted by atomic mass is 32.1. The molecule has 0 aliphatic heterocycles. The molecule has 0 saturated heterocycles. The molecule has 0 unspecified atom stereocenters. The molecule has 0 atom stereocenters. The van der Waals surface area contributed by atoms with Gasteiger partial charge in [0.05, 0.1) is 5.39 Å². The lowest BCUT2D eigenvalue weighted by Gasteiger charge is -2.11. The summed E-state index contributed by atoms with van der Waals surface area (Å²) in [5.41, 5.74) is 4.32. The van der Waals surface area contributed by atoms with Gasteiger partial charge in [-0.05, 0) is 30.5 Å². The van der Waals surface area contributed by atoms with Crippen LogP contribution in [0.1, 0.15) is 23.8 Å². The van der Waals surface area contributed by atoms with Crippen molar-refractivity contribution in [2.45, 2.75) is 26.7 Å². The van der Waals surface area contributed by atoms with Crippen LogP contribution in [0, 0.1) is 6.92 Å². The maximum absolute atomic E-state index is 12.4. The average Bonchev–Trinajstić information content (AvgIpc) is 3.11. The van der Waals surface area contributed by atoms with E-state index in [1.54, 1.807) is 17.7 Å². The summed E-state index contributed by atoms with van der Waals surface area (Å²) in [6.07, 6.45) is 2.81. The summed E-state index contributed by atoms with van der Waals surface area (Å²) in [6, 6.07) is 18.2. The molecule has 4 rings (SSSR count). The lowest BCUT2D eigenvalue weighted by Crippen LogP contribution is -2.17. The Morgan fingerprint density at radius 3 is 2.60 bits per heavy atom. The number of fused-ring (bicyclic) bond motifs is 1. The smallest absolute Gasteiger partial charge is 0.226 e. The van der Waals surface area contributed by atoms with E-state index in [0.29, 0.717) is 13.0 Å². The molecule has 0 aliphatic rings. The van der Waals surface area contributed by atoms with Crippen molar-refractivity contribution in [3.8, 4) is 11.1 Å². The van der Waals surface area contributed by atoms with Crippen LogP contribution in [0.5, 0.6) is 0 Å². The maximum atomic E-state index is 12.4. The van der Waals surface area contributed by atoms with Crippen LogP contribution in [0.4, 0.5) is 11.5 Å². The molecule has 2 N–H and O–H groups in total. The number of thiophene rings is 1. The third-order valence-corrected chi connectivity index (χ3v) is 6.06. The second-order valence-corrected chi connectivity index (χ2v) is 8.24. The lowest BCUT2D eigenvalue weighted by atomic mass is 10.0. The zero-order chi connectivity index (χ0) is 20.9. The Morgan fingerprint density at radius 1 is 1.03 bits per heavy atom. The van der Waals surface area contributed by atoms with E-state index in [0.717, 1.165) is 44.8 Å². The first-order valence-electron chi connectivity index (χ1n) is 10.1. The van der Waals surface area contributed by atoms with Crippen molar-refractivity contribution >= 4 is 39.0 Å². The second kappa shape index (κ2) is 9.05. The highest BCUT2D eigenvalue weighted by Gasteiger charge is 2.16. The van der Waals surface area contributed by atoms with Gasteiger partial charge in [0.2, 0.25) is 5.91 Å². The van der Waals surface area contributed by atoms with E-state index < -0.39 is 0 Å². The first kappa shape index (κ1) is 20.0. The van der Waals surface area contributed by atoms with Crippen LogP contribution in [0.15, 0.2) is 60.9 Å². The van der Waals surface area contributed by atoms with Crippen molar-refractivity contribution in [1.29, 1.82) is 0 Å². The zero-order valence-corrected chi connectivity index (χ0v) is 17.9. The maximum Gasteiger partial charge on any atom is 0.226 e. The number of benzene rings is 2. The molecule has 0 saturated carbocycles. The quantitative estimate of drug-likeness (QED) is 0.407. The molecule has 0 aliphatic carbocycles. The van der Waals surface area contributed by atoms with Crippen molar-refractivity contribution < 1.29 is 4.79 Å². The van der Waals surface area contributed by atoms with E-state index in [1.165, 1.54) is 4.88 Å². The van der Waals surface area contributed by atoms with E-state index in [4.69, 9.17) is 0 Å². The molecule has 0 spiro atoms. The van der Waals surface area contributed by atoms with Crippen LogP contribution < -0.4 is 10.6 Å². The number of hydrogen-bond acceptors (Lipinski definition) is 5. The second-order valence-electron chi connectivity index (χ2n) is 7.04. The number of carbonyl (C=O) groups excluding carboxylic acids is 1. The van der Waals surface area contributed by atoms with Gasteiger partial charge in [0.25, 0.3) is 0 Å². The molecule has 30 heavy (non-hydrogen) atoms. The Morgan fingerprint density at radius 2 is 1.80 bits per heavy atom. The molecule has 0 radical (unpaired) electrons. The number of amides is 1. The van der Waals surface area contributed by atoms with Crippen molar-refractivity contribution in [3.63, 3.8) is 0 Å². The largest absolute Gasteiger partial charge is 0.369 e. The fraction of sp³-hybridized carbons (Fsp3) is 0.208. The van der Waals surface area contributed by atoms with E-state index in [1.807, 2.05) is 42.5 Å². The van der Waals surface area contributed by atoms with Gasteiger partial charge in [-0.25, -0.2) is 9.97 Å². The Labute approximate surface area is 180 Å². The molecule has 2 aromatic carbocycles. The van der Waals surface area contributed by atoms with Gasteiger partial charge < -0.3 is 10.6 Å². The Kier molecular flexibility index (Phi) is 6.05. The first-order chi connectivity index (χ1) is 14.7. The molecule has 6 heteroatoms. The molecule has 2 aromatic heterocycles. The normalized spacial score (nSPS) is 10.9. The Bertz CT molecular complexity index is 1170. The first-order valence-corrected chi connectivity index (χ1v) is 10.9. The molecular weight excluding hydrogens is 392 g/mol. The minimum absolute atomic E-state index is 0.0153. The van der Waals surface area contributed by atoms with Gasteiger partial charge in [-0.2, -0.15) is 0 Å². The van der Waals surface area contributed by atoms with Gasteiger partial charge in [0.15, 0.2) is 0 Å². The van der Waals surface area contributed by atoms with Crippen molar-refractivity contribution in [1.82, 2.24) is 9.97 Å². The monoisotopic (exact) mass is 416 g/mol. The fourth-order valence-electron chi connectivity index (χ4n) is 3.59. The minimum atomic E-state index is -0.0153. The molecular formula is C24H24N4OS. The topological polar surface area (TPSA) is 66.9 Å². The summed E-state index contributed by atoms with van der Waals surface area (Å²) in [7, 11) is 0. The van der Waals surface area contributed by atoms with E-state index in [-0.39, 0.29) is 5.91 Å². The number of aromatic nitrogens is 2. The Balaban J connectivity index is 1.50. The highest BCUT2D eigenvalue weighted by molar-refractivity contribution is 7.19. The molecule has 1 amide bonds. The minimum Gasteiger partial charge on any atom is -0.369 e. The summed E-state index contributed by atoms with van der Waals surface area (Å²) in [6.45, 7) is 4.69. The van der Waals surface area contributed by atoms with Gasteiger partial charge >= 0.3 is 0 Å². The van der Waals surface area contributed by atoms with Crippen molar-refractivity contribution in [2.24, 2.45) is 0 Å². The third-order valence-electron chi connectivity index (χ3n) is 5.04. The van der Waals surface area contributed by atoms with Crippen LogP contribution in [0.2, 0.25) is 0 Å². The third kappa shape index (κ3) is 4.19. The van der Waals surface area contributed by atoms with Crippen molar-refractivity contribution in [2.75, 3.05) is 17.2 Å². The Hall–Kier alpha value is -3.25. The van der Waals surface area contributed by atoms with E-state index >= 15 is 0 Å². The number of aryl methyl sites for hydroxylation is 2. The summed E-state index contributed by atoms with van der Waals surface area (Å²) in [4.78, 5) is 23.5. The predicted octanol–water partition coefficient (Wildman–Crippen LogP) is 5.67. The zero-order valence-electron chi connectivity index (χ0n) is 17.1. The number of carbonyl (C=O) groups is 1. The van der Waals surface area contributed by atoms with Gasteiger partial charge in [-0.15, -0.1) is 11.3 Å². The average molecular weight is 417 g/mol. The molecule has 2 heterocycles. The van der Waals surface area contributed by atoms with Gasteiger partial charge in [0.1, 0.15) is 17.0 Å². The van der Waals surface area contributed by atoms with Crippen molar-refractivity contribution in [3.05, 3.63) is 71.4 Å². The SMILES string of the molecule is CCc1ccccc1NC(=O)CCNc1ncnc2sc(C)c(-c3ccccc3)c12. The van der Waals surface area contributed by atoms with Crippen LogP contribution in [-0.2, 0) is 11.2 Å². The molecule has 152 valence electrons. The van der Waals surface area contributed by atoms with Crippen LogP contribution in [0.3, 0.4) is 0 Å². The summed E-state index contributed by atoms with van der Waals surface area (Å²) in [5.74, 6) is 0.753. The molecule has 0 fully saturated rings. The summed E-state index contributed by atoms with van der Waals surface area (Å²) < 4.78 is 0. The standard InChI is InChI=1S/C24H24N4OS/c1-3-17-9-7-8-12-19(17)28-20(29)13-14-25-23-22-21(18-10-5-4-6-11-18)16(2)30-24(22)27-15-26-23/h4-12,15H,3,13-14H2,1-2H3,(H,28,29)(H,25,26,27). The number of nitrogens with zero attached hydrogens (tertiary/aromatic N) is 2. The van der Waals surface area contributed by atoms with Gasteiger partial charge in [-0.3, -0.25) is 4.79 Å². The number of nitrogens with one attached hydrogen (secondary N) is 2. The van der Waals surface area contributed by atoms with Crippen LogP contribution in [0.25, 0.3) is 21.3 Å². The number of anilines is 2. The van der Waals surface area contributed by atoms with Gasteiger partial charge in [-0.1, -0.05) is 55.5 Å². The predicted molar refractivity (Wildman–Crippen MR) is 125 cm³/mol. The van der Waals surface area contributed by atoms with Crippen LogP contribution in [-0.4, -0.2) is 22.4 Å². The van der Waals surface area contributed by atoms with E-state index in [2.05, 4.69) is 46.6 Å². The fourth-order valence-corrected chi connectivity index (χ4v) is 4.60. The molecule has 0 bridgehead atoms. The highest BCUT2D eigenvalue weighted by Crippen LogP contribution is 2.40. The van der Waals surface area contributed by atoms with E-state index in [9.17, 15) is 4.79 Å². The molecule has 4 aromatic rings. The van der Waals surface area contributed by atoms with Gasteiger partial charge in [0, 0.05) is 29.1 Å². The number of para-hydroxylation sites is 1. The number of rotatable bonds is 7. The molecule has 5 nitrogen and oxygen atoms in total. The van der Waals surface area contributed by atoms with Crippen LogP contribution >= 0.6 is 11.3 Å². The number of hydrogen-bond donors (Lipinski definition) is 2. The summed E-state index contributed by atoms with van der Waals surface area (Å²) >= 11 is 1.66. The summed E-state index contributed by atoms with van der Waals surface area (Å²) in [5, 5.41) is 7.38.